The van der Waals surface area contributed by atoms with E-state index in [0.717, 1.165) is 31.9 Å². The Morgan fingerprint density at radius 1 is 1.40 bits per heavy atom. The van der Waals surface area contributed by atoms with Crippen LogP contribution in [0.15, 0.2) is 16.7 Å². The molecule has 0 amide bonds. The smallest absolute Gasteiger partial charge is 0.118 e. The standard InChI is InChI=1S/C12H22N2O/c1-4-6-14(5-2)9-12-7-11(8-13-3)10-15-12/h7,10,13H,4-6,8-9H2,1-3H3. The maximum absolute atomic E-state index is 5.51. The Kier molecular flexibility index (Phi) is 5.43. The fraction of sp³-hybridized carbons (Fsp3) is 0.667. The summed E-state index contributed by atoms with van der Waals surface area (Å²) in [6.45, 7) is 8.41. The van der Waals surface area contributed by atoms with E-state index in [9.17, 15) is 0 Å². The molecule has 1 N–H and O–H groups in total. The minimum atomic E-state index is 0.878. The largest absolute Gasteiger partial charge is 0.468 e. The molecule has 1 aromatic rings. The van der Waals surface area contributed by atoms with Crippen molar-refractivity contribution in [2.45, 2.75) is 33.4 Å². The van der Waals surface area contributed by atoms with Crippen LogP contribution < -0.4 is 5.32 Å². The molecule has 0 radical (unpaired) electrons. The van der Waals surface area contributed by atoms with Gasteiger partial charge in [-0.3, -0.25) is 4.90 Å². The zero-order chi connectivity index (χ0) is 11.1. The van der Waals surface area contributed by atoms with Gasteiger partial charge >= 0.3 is 0 Å². The lowest BCUT2D eigenvalue weighted by Gasteiger charge is -2.17. The van der Waals surface area contributed by atoms with Crippen LogP contribution in [-0.2, 0) is 13.1 Å². The highest BCUT2D eigenvalue weighted by atomic mass is 16.3. The molecule has 0 aromatic carbocycles. The van der Waals surface area contributed by atoms with Crippen LogP contribution in [0.25, 0.3) is 0 Å². The second-order valence-corrected chi connectivity index (χ2v) is 3.82. The first kappa shape index (κ1) is 12.3. The van der Waals surface area contributed by atoms with E-state index in [-0.39, 0.29) is 0 Å². The van der Waals surface area contributed by atoms with Gasteiger partial charge in [-0.15, -0.1) is 0 Å². The highest BCUT2D eigenvalue weighted by molar-refractivity contribution is 5.12. The van der Waals surface area contributed by atoms with E-state index >= 15 is 0 Å². The molecule has 0 spiro atoms. The van der Waals surface area contributed by atoms with Crippen LogP contribution in [0, 0.1) is 0 Å². The summed E-state index contributed by atoms with van der Waals surface area (Å²) in [7, 11) is 1.95. The number of nitrogens with zero attached hydrogens (tertiary/aromatic N) is 1. The summed E-state index contributed by atoms with van der Waals surface area (Å²) in [5, 5.41) is 3.12. The van der Waals surface area contributed by atoms with Crippen molar-refractivity contribution in [2.24, 2.45) is 0 Å². The van der Waals surface area contributed by atoms with Crippen molar-refractivity contribution in [2.75, 3.05) is 20.1 Å². The molecule has 1 heterocycles. The monoisotopic (exact) mass is 210 g/mol. The lowest BCUT2D eigenvalue weighted by Crippen LogP contribution is -2.23. The normalized spacial score (nSPS) is 11.2. The molecule has 1 rings (SSSR count). The highest BCUT2D eigenvalue weighted by Crippen LogP contribution is 2.10. The van der Waals surface area contributed by atoms with Gasteiger partial charge in [0.05, 0.1) is 12.8 Å². The van der Waals surface area contributed by atoms with Crippen molar-refractivity contribution in [3.8, 4) is 0 Å². The summed E-state index contributed by atoms with van der Waals surface area (Å²) in [6.07, 6.45) is 3.03. The van der Waals surface area contributed by atoms with Crippen molar-refractivity contribution >= 4 is 0 Å². The summed E-state index contributed by atoms with van der Waals surface area (Å²) in [5.74, 6) is 1.07. The zero-order valence-electron chi connectivity index (χ0n) is 10.0. The first-order valence-corrected chi connectivity index (χ1v) is 5.73. The highest BCUT2D eigenvalue weighted by Gasteiger charge is 2.06. The molecule has 86 valence electrons. The fourth-order valence-electron chi connectivity index (χ4n) is 1.69. The Balaban J connectivity index is 2.47. The fourth-order valence-corrected chi connectivity index (χ4v) is 1.69. The van der Waals surface area contributed by atoms with Gasteiger partial charge in [0.2, 0.25) is 0 Å². The molecule has 0 aliphatic heterocycles. The number of hydrogen-bond acceptors (Lipinski definition) is 3. The van der Waals surface area contributed by atoms with E-state index in [2.05, 4.69) is 30.1 Å². The van der Waals surface area contributed by atoms with Crippen LogP contribution in [0.5, 0.6) is 0 Å². The summed E-state index contributed by atoms with van der Waals surface area (Å²) in [5.41, 5.74) is 1.22. The molecule has 0 saturated carbocycles. The first-order chi connectivity index (χ1) is 7.30. The molecule has 0 aliphatic rings. The number of nitrogens with one attached hydrogen (secondary N) is 1. The Bertz CT molecular complexity index is 270. The van der Waals surface area contributed by atoms with Crippen LogP contribution in [0.4, 0.5) is 0 Å². The third kappa shape index (κ3) is 4.06. The van der Waals surface area contributed by atoms with E-state index in [4.69, 9.17) is 4.42 Å². The van der Waals surface area contributed by atoms with E-state index in [1.54, 1.807) is 0 Å². The van der Waals surface area contributed by atoms with Crippen molar-refractivity contribution < 1.29 is 4.42 Å². The van der Waals surface area contributed by atoms with E-state index in [1.165, 1.54) is 12.0 Å². The van der Waals surface area contributed by atoms with Crippen LogP contribution in [-0.4, -0.2) is 25.0 Å². The molecule has 0 atom stereocenters. The van der Waals surface area contributed by atoms with Gasteiger partial charge in [-0.25, -0.2) is 0 Å². The quantitative estimate of drug-likeness (QED) is 0.748. The molecule has 3 heteroatoms. The van der Waals surface area contributed by atoms with E-state index in [0.29, 0.717) is 0 Å². The molecular weight excluding hydrogens is 188 g/mol. The van der Waals surface area contributed by atoms with Gasteiger partial charge in [0.1, 0.15) is 5.76 Å². The van der Waals surface area contributed by atoms with Crippen molar-refractivity contribution in [1.29, 1.82) is 0 Å². The lowest BCUT2D eigenvalue weighted by atomic mass is 10.3. The SMILES string of the molecule is CCCN(CC)Cc1cc(CNC)co1. The number of rotatable bonds is 7. The second kappa shape index (κ2) is 6.64. The maximum Gasteiger partial charge on any atom is 0.118 e. The number of hydrogen-bond donors (Lipinski definition) is 1. The lowest BCUT2D eigenvalue weighted by molar-refractivity contribution is 0.256. The minimum Gasteiger partial charge on any atom is -0.468 e. The predicted molar refractivity (Wildman–Crippen MR) is 62.7 cm³/mol. The molecule has 1 aromatic heterocycles. The van der Waals surface area contributed by atoms with Crippen LogP contribution in [0.1, 0.15) is 31.6 Å². The summed E-state index contributed by atoms with van der Waals surface area (Å²) >= 11 is 0. The number of furan rings is 1. The average molecular weight is 210 g/mol. The van der Waals surface area contributed by atoms with Crippen LogP contribution >= 0.6 is 0 Å². The van der Waals surface area contributed by atoms with Crippen LogP contribution in [0.2, 0.25) is 0 Å². The van der Waals surface area contributed by atoms with Gasteiger partial charge in [-0.05, 0) is 32.6 Å². The minimum absolute atomic E-state index is 0.878. The Morgan fingerprint density at radius 2 is 2.20 bits per heavy atom. The first-order valence-electron chi connectivity index (χ1n) is 5.73. The average Bonchev–Trinajstić information content (AvgIpc) is 2.66. The third-order valence-corrected chi connectivity index (χ3v) is 2.46. The molecule has 0 saturated heterocycles. The summed E-state index contributed by atoms with van der Waals surface area (Å²) in [4.78, 5) is 2.39. The summed E-state index contributed by atoms with van der Waals surface area (Å²) in [6, 6.07) is 2.13. The topological polar surface area (TPSA) is 28.4 Å². The molecule has 0 aliphatic carbocycles. The molecular formula is C12H22N2O. The zero-order valence-corrected chi connectivity index (χ0v) is 10.0. The molecule has 0 fully saturated rings. The molecule has 0 unspecified atom stereocenters. The van der Waals surface area contributed by atoms with Gasteiger partial charge in [0.15, 0.2) is 0 Å². The molecule has 15 heavy (non-hydrogen) atoms. The second-order valence-electron chi connectivity index (χ2n) is 3.82. The predicted octanol–water partition coefficient (Wildman–Crippen LogP) is 2.23. The van der Waals surface area contributed by atoms with Gasteiger partial charge in [-0.1, -0.05) is 13.8 Å². The van der Waals surface area contributed by atoms with Crippen molar-refractivity contribution in [3.05, 3.63) is 23.7 Å². The van der Waals surface area contributed by atoms with Gasteiger partial charge < -0.3 is 9.73 Å². The van der Waals surface area contributed by atoms with Crippen molar-refractivity contribution in [1.82, 2.24) is 10.2 Å². The maximum atomic E-state index is 5.51. The van der Waals surface area contributed by atoms with Gasteiger partial charge in [0, 0.05) is 12.1 Å². The van der Waals surface area contributed by atoms with Crippen molar-refractivity contribution in [3.63, 3.8) is 0 Å². The van der Waals surface area contributed by atoms with E-state index < -0.39 is 0 Å². The molecule has 3 nitrogen and oxygen atoms in total. The van der Waals surface area contributed by atoms with E-state index in [1.807, 2.05) is 13.3 Å². The van der Waals surface area contributed by atoms with Crippen LogP contribution in [0.3, 0.4) is 0 Å². The Labute approximate surface area is 92.5 Å². The molecule has 0 bridgehead atoms. The third-order valence-electron chi connectivity index (χ3n) is 2.46. The Morgan fingerprint density at radius 3 is 2.80 bits per heavy atom. The summed E-state index contributed by atoms with van der Waals surface area (Å²) < 4.78 is 5.51. The van der Waals surface area contributed by atoms with Gasteiger partial charge in [0.25, 0.3) is 0 Å². The van der Waals surface area contributed by atoms with Gasteiger partial charge in [-0.2, -0.15) is 0 Å². The Hall–Kier alpha value is -0.800.